The molecule has 0 aromatic heterocycles. The normalized spacial score (nSPS) is 12.9. The van der Waals surface area contributed by atoms with Gasteiger partial charge in [-0.2, -0.15) is 8.78 Å². The quantitative estimate of drug-likeness (QED) is 0.863. The van der Waals surface area contributed by atoms with E-state index in [9.17, 15) is 18.0 Å². The lowest BCUT2D eigenvalue weighted by atomic mass is 10.1. The summed E-state index contributed by atoms with van der Waals surface area (Å²) in [6.07, 6.45) is -6.06. The molecule has 1 atom stereocenters. The zero-order valence-corrected chi connectivity index (χ0v) is 9.90. The van der Waals surface area contributed by atoms with Crippen LogP contribution in [-0.4, -0.2) is 23.9 Å². The highest BCUT2D eigenvalue weighted by molar-refractivity contribution is 5.65. The largest absolute Gasteiger partial charge is 0.442 e. The zero-order valence-electron chi connectivity index (χ0n) is 9.90. The van der Waals surface area contributed by atoms with Crippen LogP contribution in [0.2, 0.25) is 0 Å². The van der Waals surface area contributed by atoms with Gasteiger partial charge < -0.3 is 20.3 Å². The number of alkyl halides is 2. The summed E-state index contributed by atoms with van der Waals surface area (Å²) < 4.78 is 47.8. The Morgan fingerprint density at radius 2 is 2.16 bits per heavy atom. The molecule has 0 aliphatic carbocycles. The summed E-state index contributed by atoms with van der Waals surface area (Å²) in [5.74, 6) is -1.15. The maximum absolute atomic E-state index is 13.1. The minimum atomic E-state index is -3.83. The molecule has 19 heavy (non-hydrogen) atoms. The molecule has 1 aromatic rings. The number of primary amides is 1. The second-order valence-corrected chi connectivity index (χ2v) is 3.66. The van der Waals surface area contributed by atoms with Gasteiger partial charge in [-0.05, 0) is 25.1 Å². The fourth-order valence-corrected chi connectivity index (χ4v) is 1.36. The minimum absolute atomic E-state index is 0.132. The number of hydrogen-bond acceptors (Lipinski definition) is 4. The van der Waals surface area contributed by atoms with E-state index in [1.165, 1.54) is 6.92 Å². The maximum Gasteiger partial charge on any atom is 0.421 e. The molecular weight excluding hydrogens is 267 g/mol. The number of aliphatic hydroxyl groups excluding tert-OH is 1. The monoisotopic (exact) mass is 279 g/mol. The first kappa shape index (κ1) is 15.1. The highest BCUT2D eigenvalue weighted by atomic mass is 19.3. The van der Waals surface area contributed by atoms with Gasteiger partial charge >= 0.3 is 12.2 Å². The fraction of sp³-hybridized carbons (Fsp3) is 0.364. The Labute approximate surface area is 106 Å². The average molecular weight is 279 g/mol. The molecule has 1 rings (SSSR count). The van der Waals surface area contributed by atoms with Crippen molar-refractivity contribution in [2.75, 3.05) is 6.61 Å². The van der Waals surface area contributed by atoms with E-state index in [4.69, 9.17) is 10.8 Å². The Balaban J connectivity index is 3.07. The van der Waals surface area contributed by atoms with Gasteiger partial charge in [0.2, 0.25) is 0 Å². The van der Waals surface area contributed by atoms with Crippen molar-refractivity contribution in [2.45, 2.75) is 19.1 Å². The fourth-order valence-electron chi connectivity index (χ4n) is 1.36. The minimum Gasteiger partial charge on any atom is -0.442 e. The van der Waals surface area contributed by atoms with Crippen molar-refractivity contribution in [3.63, 3.8) is 0 Å². The Morgan fingerprint density at radius 1 is 1.53 bits per heavy atom. The molecule has 0 spiro atoms. The Bertz CT molecular complexity index is 467. The van der Waals surface area contributed by atoms with Crippen LogP contribution in [0.5, 0.6) is 5.75 Å². The lowest BCUT2D eigenvalue weighted by Gasteiger charge is -2.20. The molecule has 1 amide bonds. The molecule has 0 radical (unpaired) electrons. The standard InChI is InChI=1S/C11H12F3NO4/c1-6(18-10(15)17)8-4-7(12)2-3-9(8)19-11(13,14)5-16/h2-4,6,16H,5H2,1H3,(H2,15,17). The van der Waals surface area contributed by atoms with E-state index < -0.39 is 36.5 Å². The van der Waals surface area contributed by atoms with E-state index in [1.807, 2.05) is 0 Å². The predicted molar refractivity (Wildman–Crippen MR) is 58.1 cm³/mol. The van der Waals surface area contributed by atoms with Crippen LogP contribution in [0.15, 0.2) is 18.2 Å². The van der Waals surface area contributed by atoms with Crippen molar-refractivity contribution in [3.05, 3.63) is 29.6 Å². The summed E-state index contributed by atoms with van der Waals surface area (Å²) in [6.45, 7) is -0.238. The van der Waals surface area contributed by atoms with Gasteiger partial charge in [0, 0.05) is 5.56 Å². The Hall–Kier alpha value is -1.96. The van der Waals surface area contributed by atoms with Gasteiger partial charge in [-0.3, -0.25) is 0 Å². The van der Waals surface area contributed by atoms with Gasteiger partial charge in [0.25, 0.3) is 0 Å². The molecule has 5 nitrogen and oxygen atoms in total. The molecule has 0 saturated heterocycles. The number of aliphatic hydroxyl groups is 1. The molecule has 1 aromatic carbocycles. The van der Waals surface area contributed by atoms with E-state index in [0.29, 0.717) is 0 Å². The second kappa shape index (κ2) is 5.79. The summed E-state index contributed by atoms with van der Waals surface area (Å²) in [6, 6.07) is 2.70. The first-order valence-corrected chi connectivity index (χ1v) is 5.18. The number of carbonyl (C=O) groups is 1. The van der Waals surface area contributed by atoms with Crippen LogP contribution in [0.1, 0.15) is 18.6 Å². The first-order chi connectivity index (χ1) is 8.75. The molecule has 106 valence electrons. The highest BCUT2D eigenvalue weighted by Crippen LogP contribution is 2.31. The number of hydrogen-bond donors (Lipinski definition) is 2. The van der Waals surface area contributed by atoms with Crippen LogP contribution in [0, 0.1) is 5.82 Å². The van der Waals surface area contributed by atoms with Gasteiger partial charge in [-0.1, -0.05) is 0 Å². The SMILES string of the molecule is CC(OC(N)=O)c1cc(F)ccc1OC(F)(F)CO. The molecule has 0 aliphatic heterocycles. The lowest BCUT2D eigenvalue weighted by Crippen LogP contribution is -2.30. The van der Waals surface area contributed by atoms with Crippen LogP contribution in [-0.2, 0) is 4.74 Å². The summed E-state index contributed by atoms with van der Waals surface area (Å²) in [4.78, 5) is 10.6. The van der Waals surface area contributed by atoms with Crippen LogP contribution in [0.25, 0.3) is 0 Å². The van der Waals surface area contributed by atoms with E-state index >= 15 is 0 Å². The van der Waals surface area contributed by atoms with Crippen molar-refractivity contribution in [2.24, 2.45) is 5.73 Å². The second-order valence-electron chi connectivity index (χ2n) is 3.66. The number of amides is 1. The van der Waals surface area contributed by atoms with Crippen LogP contribution < -0.4 is 10.5 Å². The van der Waals surface area contributed by atoms with Gasteiger partial charge in [-0.25, -0.2) is 9.18 Å². The van der Waals surface area contributed by atoms with E-state index in [2.05, 4.69) is 9.47 Å². The number of ether oxygens (including phenoxy) is 2. The molecular formula is C11H12F3NO4. The van der Waals surface area contributed by atoms with Gasteiger partial charge in [0.05, 0.1) is 0 Å². The van der Waals surface area contributed by atoms with Crippen molar-refractivity contribution in [3.8, 4) is 5.75 Å². The van der Waals surface area contributed by atoms with Crippen molar-refractivity contribution < 1.29 is 32.5 Å². The zero-order chi connectivity index (χ0) is 14.6. The number of carbonyl (C=O) groups excluding carboxylic acids is 1. The van der Waals surface area contributed by atoms with E-state index in [0.717, 1.165) is 18.2 Å². The summed E-state index contributed by atoms with van der Waals surface area (Å²) >= 11 is 0. The third kappa shape index (κ3) is 4.32. The van der Waals surface area contributed by atoms with Crippen LogP contribution >= 0.6 is 0 Å². The van der Waals surface area contributed by atoms with Crippen molar-refractivity contribution >= 4 is 6.09 Å². The molecule has 0 heterocycles. The number of benzene rings is 1. The Morgan fingerprint density at radius 3 is 2.68 bits per heavy atom. The molecule has 0 aliphatic rings. The third-order valence-electron chi connectivity index (χ3n) is 2.15. The van der Waals surface area contributed by atoms with Gasteiger partial charge in [0.15, 0.2) is 0 Å². The van der Waals surface area contributed by atoms with E-state index in [-0.39, 0.29) is 5.56 Å². The maximum atomic E-state index is 13.1. The summed E-state index contributed by atoms with van der Waals surface area (Å²) in [5, 5.41) is 8.43. The highest BCUT2D eigenvalue weighted by Gasteiger charge is 2.32. The first-order valence-electron chi connectivity index (χ1n) is 5.18. The smallest absolute Gasteiger partial charge is 0.421 e. The topological polar surface area (TPSA) is 81.8 Å². The third-order valence-corrected chi connectivity index (χ3v) is 2.15. The molecule has 3 N–H and O–H groups in total. The van der Waals surface area contributed by atoms with Crippen LogP contribution in [0.3, 0.4) is 0 Å². The van der Waals surface area contributed by atoms with Crippen molar-refractivity contribution in [1.29, 1.82) is 0 Å². The summed E-state index contributed by atoms with van der Waals surface area (Å²) in [5.41, 5.74) is 4.66. The summed E-state index contributed by atoms with van der Waals surface area (Å²) in [7, 11) is 0. The van der Waals surface area contributed by atoms with Crippen molar-refractivity contribution in [1.82, 2.24) is 0 Å². The van der Waals surface area contributed by atoms with Gasteiger partial charge in [0.1, 0.15) is 24.3 Å². The Kier molecular flexibility index (Phi) is 4.60. The average Bonchev–Trinajstić information content (AvgIpc) is 2.30. The number of halogens is 3. The molecule has 0 saturated carbocycles. The van der Waals surface area contributed by atoms with Gasteiger partial charge in [-0.15, -0.1) is 0 Å². The molecule has 8 heteroatoms. The molecule has 0 bridgehead atoms. The molecule has 0 fully saturated rings. The van der Waals surface area contributed by atoms with Crippen LogP contribution in [0.4, 0.5) is 18.0 Å². The number of rotatable bonds is 5. The van der Waals surface area contributed by atoms with E-state index in [1.54, 1.807) is 0 Å². The molecule has 1 unspecified atom stereocenters. The predicted octanol–water partition coefficient (Wildman–Crippen LogP) is 1.95. The lowest BCUT2D eigenvalue weighted by molar-refractivity contribution is -0.201. The number of nitrogens with two attached hydrogens (primary N) is 1.